The molecule has 0 saturated carbocycles. The number of ether oxygens (including phenoxy) is 1. The molecule has 1 aromatic heterocycles. The lowest BCUT2D eigenvalue weighted by Gasteiger charge is -2.24. The smallest absolute Gasteiger partial charge is 0.255 e. The fraction of sp³-hybridized carbons (Fsp3) is 0.423. The normalized spacial score (nSPS) is 18.6. The summed E-state index contributed by atoms with van der Waals surface area (Å²) in [6.07, 6.45) is 4.16. The maximum Gasteiger partial charge on any atom is 0.255 e. The number of aromatic nitrogens is 1. The molecule has 2 aromatic rings. The van der Waals surface area contributed by atoms with Gasteiger partial charge in [-0.2, -0.15) is 0 Å². The highest BCUT2D eigenvalue weighted by molar-refractivity contribution is 5.99. The Morgan fingerprint density at radius 1 is 1.11 bits per heavy atom. The lowest BCUT2D eigenvalue weighted by atomic mass is 10.1. The number of nitrogens with zero attached hydrogens (tertiary/aromatic N) is 2. The number of nitrogens with two attached hydrogens (primary N) is 1. The van der Waals surface area contributed by atoms with E-state index in [9.17, 15) is 23.6 Å². The molecular weight excluding hydrogens is 495 g/mol. The number of carbonyl (C=O) groups is 4. The van der Waals surface area contributed by atoms with E-state index in [0.29, 0.717) is 32.5 Å². The highest BCUT2D eigenvalue weighted by atomic mass is 19.1. The molecule has 12 heteroatoms. The van der Waals surface area contributed by atoms with Crippen molar-refractivity contribution in [3.63, 3.8) is 0 Å². The van der Waals surface area contributed by atoms with Gasteiger partial charge in [-0.1, -0.05) is 0 Å². The van der Waals surface area contributed by atoms with E-state index in [2.05, 4.69) is 25.8 Å². The molecule has 11 nitrogen and oxygen atoms in total. The number of pyridine rings is 1. The SMILES string of the molecule is NC(=O)CC[C@@H]1NC(=O)c2cc(F)ccc2OCCNC(=O)CCCN(Cc2ccncc2)CCNC1=O. The van der Waals surface area contributed by atoms with Gasteiger partial charge >= 0.3 is 0 Å². The Hall–Kier alpha value is -4.06. The van der Waals surface area contributed by atoms with Crippen LogP contribution in [0.5, 0.6) is 5.75 Å². The van der Waals surface area contributed by atoms with E-state index in [1.165, 1.54) is 6.07 Å². The first-order chi connectivity index (χ1) is 18.3. The molecule has 0 aliphatic carbocycles. The number of primary amides is 1. The van der Waals surface area contributed by atoms with E-state index in [1.807, 2.05) is 12.1 Å². The summed E-state index contributed by atoms with van der Waals surface area (Å²) >= 11 is 0. The van der Waals surface area contributed by atoms with Gasteiger partial charge in [0.2, 0.25) is 17.7 Å². The predicted molar refractivity (Wildman–Crippen MR) is 136 cm³/mol. The molecule has 2 heterocycles. The largest absolute Gasteiger partial charge is 0.491 e. The number of nitrogens with one attached hydrogen (secondary N) is 3. The van der Waals surface area contributed by atoms with Crippen LogP contribution >= 0.6 is 0 Å². The van der Waals surface area contributed by atoms with Gasteiger partial charge in [0.15, 0.2) is 0 Å². The van der Waals surface area contributed by atoms with E-state index >= 15 is 0 Å². The van der Waals surface area contributed by atoms with Gasteiger partial charge in [-0.3, -0.25) is 29.1 Å². The van der Waals surface area contributed by atoms with Crippen molar-refractivity contribution in [3.05, 3.63) is 59.7 Å². The van der Waals surface area contributed by atoms with E-state index in [0.717, 1.165) is 17.7 Å². The lowest BCUT2D eigenvalue weighted by Crippen LogP contribution is -2.48. The Labute approximate surface area is 220 Å². The van der Waals surface area contributed by atoms with Crippen LogP contribution in [0.1, 0.15) is 41.6 Å². The summed E-state index contributed by atoms with van der Waals surface area (Å²) in [6, 6.07) is 6.17. The quantitative estimate of drug-likeness (QED) is 0.440. The standard InChI is InChI=1S/C26H33FN6O5/c27-19-3-5-22-20(16-19)25(36)32-21(4-6-23(28)34)26(37)31-11-14-33(17-18-7-9-29-10-8-18)13-1-2-24(35)30-12-15-38-22/h3,5,7-10,16,21H,1-2,4,6,11-15,17H2,(H2,28,34)(H,30,35)(H,31,37)(H,32,36)/t21-/m0/s1. The fourth-order valence-electron chi connectivity index (χ4n) is 3.98. The molecule has 38 heavy (non-hydrogen) atoms. The molecule has 5 N–H and O–H groups in total. The van der Waals surface area contributed by atoms with Crippen LogP contribution in [-0.4, -0.2) is 72.3 Å². The Morgan fingerprint density at radius 3 is 2.66 bits per heavy atom. The van der Waals surface area contributed by atoms with Crippen LogP contribution in [0.3, 0.4) is 0 Å². The summed E-state index contributed by atoms with van der Waals surface area (Å²) in [5.41, 5.74) is 6.18. The van der Waals surface area contributed by atoms with Gasteiger partial charge in [0.25, 0.3) is 5.91 Å². The Bertz CT molecular complexity index is 1120. The third kappa shape index (κ3) is 9.43. The number of carbonyl (C=O) groups excluding carboxylic acids is 4. The molecule has 1 aromatic carbocycles. The fourth-order valence-corrected chi connectivity index (χ4v) is 3.98. The van der Waals surface area contributed by atoms with E-state index < -0.39 is 29.6 Å². The average molecular weight is 529 g/mol. The minimum absolute atomic E-state index is 0.0226. The lowest BCUT2D eigenvalue weighted by molar-refractivity contribution is -0.123. The Morgan fingerprint density at radius 2 is 1.89 bits per heavy atom. The molecule has 0 radical (unpaired) electrons. The summed E-state index contributed by atoms with van der Waals surface area (Å²) in [5, 5.41) is 8.15. The van der Waals surface area contributed by atoms with E-state index in [-0.39, 0.29) is 49.8 Å². The van der Waals surface area contributed by atoms with Crippen LogP contribution in [0, 0.1) is 5.82 Å². The number of hydrogen-bond donors (Lipinski definition) is 4. The summed E-state index contributed by atoms with van der Waals surface area (Å²) in [6.45, 7) is 2.20. The van der Waals surface area contributed by atoms with Gasteiger partial charge in [0, 0.05) is 44.9 Å². The van der Waals surface area contributed by atoms with Crippen molar-refractivity contribution < 1.29 is 28.3 Å². The van der Waals surface area contributed by atoms with Crippen molar-refractivity contribution in [2.45, 2.75) is 38.3 Å². The number of hydrogen-bond acceptors (Lipinski definition) is 7. The summed E-state index contributed by atoms with van der Waals surface area (Å²) in [7, 11) is 0. The van der Waals surface area contributed by atoms with Crippen LogP contribution in [-0.2, 0) is 20.9 Å². The van der Waals surface area contributed by atoms with Gasteiger partial charge in [0.1, 0.15) is 24.2 Å². The van der Waals surface area contributed by atoms with Crippen molar-refractivity contribution in [2.24, 2.45) is 5.73 Å². The molecule has 1 atom stereocenters. The minimum Gasteiger partial charge on any atom is -0.491 e. The van der Waals surface area contributed by atoms with Crippen molar-refractivity contribution >= 4 is 23.6 Å². The number of amides is 4. The van der Waals surface area contributed by atoms with E-state index in [1.54, 1.807) is 12.4 Å². The molecule has 1 aliphatic heterocycles. The van der Waals surface area contributed by atoms with Crippen LogP contribution in [0.25, 0.3) is 0 Å². The molecule has 3 rings (SSSR count). The predicted octanol–water partition coefficient (Wildman–Crippen LogP) is 0.492. The van der Waals surface area contributed by atoms with Crippen molar-refractivity contribution in [3.8, 4) is 5.75 Å². The molecule has 0 fully saturated rings. The third-order valence-electron chi connectivity index (χ3n) is 5.93. The van der Waals surface area contributed by atoms with Crippen LogP contribution in [0.2, 0.25) is 0 Å². The zero-order chi connectivity index (χ0) is 27.3. The second-order valence-corrected chi connectivity index (χ2v) is 8.90. The summed E-state index contributed by atoms with van der Waals surface area (Å²) in [5.74, 6) is -2.56. The highest BCUT2D eigenvalue weighted by Crippen LogP contribution is 2.20. The summed E-state index contributed by atoms with van der Waals surface area (Å²) in [4.78, 5) is 55.8. The molecule has 0 saturated heterocycles. The third-order valence-corrected chi connectivity index (χ3v) is 5.93. The molecule has 0 bridgehead atoms. The first-order valence-electron chi connectivity index (χ1n) is 12.5. The number of rotatable bonds is 5. The second kappa shape index (κ2) is 14.6. The first kappa shape index (κ1) is 28.5. The van der Waals surface area contributed by atoms with E-state index in [4.69, 9.17) is 10.5 Å². The maximum absolute atomic E-state index is 14.0. The zero-order valence-electron chi connectivity index (χ0n) is 21.1. The number of halogens is 1. The van der Waals surface area contributed by atoms with Gasteiger partial charge in [-0.25, -0.2) is 4.39 Å². The number of fused-ring (bicyclic) bond motifs is 1. The molecular formula is C26H33FN6O5. The topological polar surface area (TPSA) is 156 Å². The van der Waals surface area contributed by atoms with Gasteiger partial charge < -0.3 is 26.4 Å². The zero-order valence-corrected chi connectivity index (χ0v) is 21.1. The van der Waals surface area contributed by atoms with Crippen LogP contribution in [0.15, 0.2) is 42.7 Å². The number of benzene rings is 1. The second-order valence-electron chi connectivity index (χ2n) is 8.90. The average Bonchev–Trinajstić information content (AvgIpc) is 2.89. The van der Waals surface area contributed by atoms with Gasteiger partial charge in [-0.15, -0.1) is 0 Å². The Balaban J connectivity index is 1.78. The van der Waals surface area contributed by atoms with Crippen molar-refractivity contribution in [2.75, 3.05) is 32.8 Å². The molecule has 1 aliphatic rings. The molecule has 0 unspecified atom stereocenters. The highest BCUT2D eigenvalue weighted by Gasteiger charge is 2.24. The Kier molecular flexibility index (Phi) is 11.0. The first-order valence-corrected chi connectivity index (χ1v) is 12.5. The van der Waals surface area contributed by atoms with Crippen molar-refractivity contribution in [1.82, 2.24) is 25.8 Å². The summed E-state index contributed by atoms with van der Waals surface area (Å²) < 4.78 is 19.6. The van der Waals surface area contributed by atoms with Crippen molar-refractivity contribution in [1.29, 1.82) is 0 Å². The van der Waals surface area contributed by atoms with Crippen LogP contribution < -0.4 is 26.4 Å². The molecule has 0 spiro atoms. The van der Waals surface area contributed by atoms with Gasteiger partial charge in [0.05, 0.1) is 12.1 Å². The van der Waals surface area contributed by atoms with Gasteiger partial charge in [-0.05, 0) is 55.3 Å². The molecule has 4 amide bonds. The monoisotopic (exact) mass is 528 g/mol. The minimum atomic E-state index is -1.07. The molecule has 204 valence electrons. The maximum atomic E-state index is 14.0. The van der Waals surface area contributed by atoms with Crippen LogP contribution in [0.4, 0.5) is 4.39 Å².